The first-order valence-electron chi connectivity index (χ1n) is 6.47. The van der Waals surface area contributed by atoms with Gasteiger partial charge in [-0.05, 0) is 24.7 Å². The summed E-state index contributed by atoms with van der Waals surface area (Å²) in [5.41, 5.74) is 1.55. The van der Waals surface area contributed by atoms with Gasteiger partial charge in [-0.15, -0.1) is 0 Å². The molecule has 0 saturated heterocycles. The molecule has 7 heteroatoms. The number of hydrogen-bond donors (Lipinski definition) is 3. The van der Waals surface area contributed by atoms with Gasteiger partial charge < -0.3 is 10.6 Å². The molecule has 0 radical (unpaired) electrons. The van der Waals surface area contributed by atoms with E-state index in [9.17, 15) is 14.4 Å². The summed E-state index contributed by atoms with van der Waals surface area (Å²) in [6.07, 6.45) is 0. The van der Waals surface area contributed by atoms with Gasteiger partial charge in [0.25, 0.3) is 5.91 Å². The van der Waals surface area contributed by atoms with Gasteiger partial charge in [0.15, 0.2) is 0 Å². The Labute approximate surface area is 123 Å². The van der Waals surface area contributed by atoms with Crippen molar-refractivity contribution in [3.63, 3.8) is 0 Å². The molecule has 1 aromatic carbocycles. The minimum Gasteiger partial charge on any atom is -0.355 e. The summed E-state index contributed by atoms with van der Waals surface area (Å²) in [5.74, 6) is -0.515. The Morgan fingerprint density at radius 3 is 2.19 bits per heavy atom. The van der Waals surface area contributed by atoms with E-state index in [1.54, 1.807) is 31.1 Å². The van der Waals surface area contributed by atoms with E-state index in [0.717, 1.165) is 5.56 Å². The highest BCUT2D eigenvalue weighted by atomic mass is 16.2. The number of benzene rings is 1. The molecule has 114 valence electrons. The van der Waals surface area contributed by atoms with Gasteiger partial charge in [-0.1, -0.05) is 12.1 Å². The molecule has 1 rings (SSSR count). The molecule has 0 aliphatic heterocycles. The van der Waals surface area contributed by atoms with Crippen LogP contribution in [0.1, 0.15) is 15.9 Å². The molecule has 0 unspecified atom stereocenters. The maximum absolute atomic E-state index is 11.5. The first-order valence-corrected chi connectivity index (χ1v) is 6.47. The number of likely N-dealkylation sites (N-methyl/N-ethyl adjacent to an activating group) is 1. The van der Waals surface area contributed by atoms with E-state index in [1.807, 2.05) is 12.1 Å². The van der Waals surface area contributed by atoms with Crippen molar-refractivity contribution in [2.45, 2.75) is 6.54 Å². The smallest absolute Gasteiger partial charge is 0.321 e. The predicted molar refractivity (Wildman–Crippen MR) is 78.8 cm³/mol. The molecule has 0 heterocycles. The minimum atomic E-state index is -0.525. The molecule has 1 aromatic rings. The van der Waals surface area contributed by atoms with Crippen LogP contribution in [0.15, 0.2) is 24.3 Å². The first-order chi connectivity index (χ1) is 9.96. The lowest BCUT2D eigenvalue weighted by Gasteiger charge is -2.16. The summed E-state index contributed by atoms with van der Waals surface area (Å²) in [5, 5.41) is 7.06. The van der Waals surface area contributed by atoms with Crippen LogP contribution in [0.3, 0.4) is 0 Å². The molecule has 7 nitrogen and oxygen atoms in total. The summed E-state index contributed by atoms with van der Waals surface area (Å²) >= 11 is 0. The summed E-state index contributed by atoms with van der Waals surface area (Å²) < 4.78 is 0. The van der Waals surface area contributed by atoms with Crippen LogP contribution >= 0.6 is 0 Å². The normalized spacial score (nSPS) is 10.1. The van der Waals surface area contributed by atoms with Crippen molar-refractivity contribution < 1.29 is 14.4 Å². The lowest BCUT2D eigenvalue weighted by atomic mass is 10.1. The number of carbonyl (C=O) groups is 3. The van der Waals surface area contributed by atoms with Crippen LogP contribution < -0.4 is 16.0 Å². The standard InChI is InChI=1S/C14H20N4O3/c1-15-13(20)11-6-4-10(5-7-11)8-18(3)9-12(19)17-14(21)16-2/h4-7H,8-9H2,1-3H3,(H,15,20)(H2,16,17,19,21). The maximum atomic E-state index is 11.5. The number of imide groups is 1. The number of rotatable bonds is 5. The van der Waals surface area contributed by atoms with E-state index in [4.69, 9.17) is 0 Å². The second-order valence-corrected chi connectivity index (χ2v) is 4.58. The molecular weight excluding hydrogens is 272 g/mol. The SMILES string of the molecule is CNC(=O)NC(=O)CN(C)Cc1ccc(C(=O)NC)cc1. The van der Waals surface area contributed by atoms with E-state index in [-0.39, 0.29) is 18.4 Å². The van der Waals surface area contributed by atoms with Crippen molar-refractivity contribution in [2.24, 2.45) is 0 Å². The zero-order chi connectivity index (χ0) is 15.8. The Kier molecular flexibility index (Phi) is 6.35. The van der Waals surface area contributed by atoms with Crippen molar-refractivity contribution in [3.8, 4) is 0 Å². The lowest BCUT2D eigenvalue weighted by molar-refractivity contribution is -0.120. The average molecular weight is 292 g/mol. The molecule has 3 N–H and O–H groups in total. The second kappa shape index (κ2) is 8.01. The zero-order valence-corrected chi connectivity index (χ0v) is 12.4. The molecule has 0 aliphatic rings. The summed E-state index contributed by atoms with van der Waals surface area (Å²) in [7, 11) is 4.80. The van der Waals surface area contributed by atoms with Gasteiger partial charge in [-0.2, -0.15) is 0 Å². The number of nitrogens with zero attached hydrogens (tertiary/aromatic N) is 1. The monoisotopic (exact) mass is 292 g/mol. The van der Waals surface area contributed by atoms with Gasteiger partial charge in [0, 0.05) is 26.2 Å². The van der Waals surface area contributed by atoms with Crippen LogP contribution in [-0.4, -0.2) is 50.4 Å². The van der Waals surface area contributed by atoms with E-state index >= 15 is 0 Å². The highest BCUT2D eigenvalue weighted by molar-refractivity contribution is 5.95. The third-order valence-corrected chi connectivity index (χ3v) is 2.79. The molecular formula is C14H20N4O3. The van der Waals surface area contributed by atoms with Crippen LogP contribution in [-0.2, 0) is 11.3 Å². The molecule has 0 fully saturated rings. The van der Waals surface area contributed by atoms with Gasteiger partial charge in [0.05, 0.1) is 6.54 Å². The van der Waals surface area contributed by atoms with Crippen molar-refractivity contribution in [3.05, 3.63) is 35.4 Å². The molecule has 0 saturated carbocycles. The summed E-state index contributed by atoms with van der Waals surface area (Å²) in [6.45, 7) is 0.639. The topological polar surface area (TPSA) is 90.5 Å². The number of carbonyl (C=O) groups excluding carboxylic acids is 3. The fourth-order valence-electron chi connectivity index (χ4n) is 1.75. The van der Waals surface area contributed by atoms with E-state index in [1.165, 1.54) is 7.05 Å². The van der Waals surface area contributed by atoms with Crippen molar-refractivity contribution in [2.75, 3.05) is 27.7 Å². The van der Waals surface area contributed by atoms with Gasteiger partial charge in [-0.3, -0.25) is 19.8 Å². The third-order valence-electron chi connectivity index (χ3n) is 2.79. The van der Waals surface area contributed by atoms with Crippen LogP contribution in [0.4, 0.5) is 4.79 Å². The largest absolute Gasteiger partial charge is 0.355 e. The lowest BCUT2D eigenvalue weighted by Crippen LogP contribution is -2.42. The number of hydrogen-bond acceptors (Lipinski definition) is 4. The minimum absolute atomic E-state index is 0.102. The summed E-state index contributed by atoms with van der Waals surface area (Å²) in [6, 6.07) is 6.60. The van der Waals surface area contributed by atoms with E-state index in [0.29, 0.717) is 12.1 Å². The number of amides is 4. The van der Waals surface area contributed by atoms with E-state index in [2.05, 4.69) is 16.0 Å². The van der Waals surface area contributed by atoms with Crippen LogP contribution in [0.2, 0.25) is 0 Å². The molecule has 0 atom stereocenters. The Bertz CT molecular complexity index is 513. The third kappa shape index (κ3) is 5.62. The molecule has 0 aromatic heterocycles. The van der Waals surface area contributed by atoms with Crippen LogP contribution in [0.5, 0.6) is 0 Å². The van der Waals surface area contributed by atoms with Crippen molar-refractivity contribution in [1.82, 2.24) is 20.9 Å². The van der Waals surface area contributed by atoms with Crippen LogP contribution in [0.25, 0.3) is 0 Å². The Balaban J connectivity index is 2.51. The maximum Gasteiger partial charge on any atom is 0.321 e. The highest BCUT2D eigenvalue weighted by Gasteiger charge is 2.10. The quantitative estimate of drug-likeness (QED) is 0.709. The summed E-state index contributed by atoms with van der Waals surface area (Å²) in [4.78, 5) is 35.7. The van der Waals surface area contributed by atoms with Gasteiger partial charge in [-0.25, -0.2) is 4.79 Å². The molecule has 4 amide bonds. The number of nitrogens with one attached hydrogen (secondary N) is 3. The zero-order valence-electron chi connectivity index (χ0n) is 12.4. The van der Waals surface area contributed by atoms with Crippen molar-refractivity contribution >= 4 is 17.8 Å². The Hall–Kier alpha value is -2.41. The first kappa shape index (κ1) is 16.6. The molecule has 21 heavy (non-hydrogen) atoms. The van der Waals surface area contributed by atoms with Gasteiger partial charge in [0.2, 0.25) is 5.91 Å². The Morgan fingerprint density at radius 2 is 1.67 bits per heavy atom. The van der Waals surface area contributed by atoms with Gasteiger partial charge >= 0.3 is 6.03 Å². The highest BCUT2D eigenvalue weighted by Crippen LogP contribution is 2.06. The van der Waals surface area contributed by atoms with Crippen LogP contribution in [0, 0.1) is 0 Å². The molecule has 0 bridgehead atoms. The predicted octanol–water partition coefficient (Wildman–Crippen LogP) is -0.0664. The fourth-order valence-corrected chi connectivity index (χ4v) is 1.75. The fraction of sp³-hybridized carbons (Fsp3) is 0.357. The average Bonchev–Trinajstić information content (AvgIpc) is 2.46. The molecule has 0 spiro atoms. The van der Waals surface area contributed by atoms with E-state index < -0.39 is 6.03 Å². The second-order valence-electron chi connectivity index (χ2n) is 4.58. The van der Waals surface area contributed by atoms with Crippen molar-refractivity contribution in [1.29, 1.82) is 0 Å². The number of urea groups is 1. The Morgan fingerprint density at radius 1 is 1.05 bits per heavy atom. The van der Waals surface area contributed by atoms with Gasteiger partial charge in [0.1, 0.15) is 0 Å². The molecule has 0 aliphatic carbocycles.